The van der Waals surface area contributed by atoms with Gasteiger partial charge in [0, 0.05) is 50.0 Å². The first kappa shape index (κ1) is 17.0. The summed E-state index contributed by atoms with van der Waals surface area (Å²) in [5, 5.41) is 3.05. The third-order valence-corrected chi connectivity index (χ3v) is 4.39. The van der Waals surface area contributed by atoms with Crippen LogP contribution in [0.25, 0.3) is 0 Å². The average molecular weight is 362 g/mol. The second-order valence-electron chi connectivity index (χ2n) is 6.20. The Balaban J connectivity index is 1.48. The number of anilines is 2. The van der Waals surface area contributed by atoms with Crippen LogP contribution >= 0.6 is 0 Å². The zero-order chi connectivity index (χ0) is 18.5. The van der Waals surface area contributed by atoms with Crippen LogP contribution in [0, 0.1) is 0 Å². The number of hydrogen-bond donors (Lipinski definition) is 1. The van der Waals surface area contributed by atoms with Crippen molar-refractivity contribution in [2.24, 2.45) is 0 Å². The van der Waals surface area contributed by atoms with E-state index in [9.17, 15) is 4.79 Å². The minimum Gasteiger partial charge on any atom is -0.337 e. The molecule has 27 heavy (non-hydrogen) atoms. The third-order valence-electron chi connectivity index (χ3n) is 4.39. The van der Waals surface area contributed by atoms with Gasteiger partial charge in [-0.2, -0.15) is 0 Å². The molecule has 9 heteroatoms. The molecule has 9 nitrogen and oxygen atoms in total. The lowest BCUT2D eigenvalue weighted by atomic mass is 9.94. The van der Waals surface area contributed by atoms with E-state index in [2.05, 4.69) is 35.2 Å². The summed E-state index contributed by atoms with van der Waals surface area (Å²) in [6.07, 6.45) is 13.0. The average Bonchev–Trinajstić information content (AvgIpc) is 2.75. The first-order chi connectivity index (χ1) is 13.3. The predicted octanol–water partition coefficient (Wildman–Crippen LogP) is 1.82. The number of hydrogen-bond acceptors (Lipinski definition) is 8. The minimum absolute atomic E-state index is 0.0974. The summed E-state index contributed by atoms with van der Waals surface area (Å²) in [6, 6.07) is 1.89. The molecule has 1 aliphatic rings. The molecule has 1 fully saturated rings. The highest BCUT2D eigenvalue weighted by molar-refractivity contribution is 5.92. The zero-order valence-electron chi connectivity index (χ0n) is 14.6. The Morgan fingerprint density at radius 2 is 1.89 bits per heavy atom. The lowest BCUT2D eigenvalue weighted by molar-refractivity contribution is 0.0699. The van der Waals surface area contributed by atoms with Crippen LogP contribution in [0.3, 0.4) is 0 Å². The summed E-state index contributed by atoms with van der Waals surface area (Å²) in [4.78, 5) is 39.6. The Bertz CT molecular complexity index is 906. The summed E-state index contributed by atoms with van der Waals surface area (Å²) >= 11 is 0. The van der Waals surface area contributed by atoms with Crippen molar-refractivity contribution in [1.82, 2.24) is 34.8 Å². The van der Waals surface area contributed by atoms with Gasteiger partial charge < -0.3 is 10.2 Å². The largest absolute Gasteiger partial charge is 0.337 e. The highest BCUT2D eigenvalue weighted by atomic mass is 16.2. The normalized spacial score (nSPS) is 16.7. The Labute approximate surface area is 156 Å². The smallest absolute Gasteiger partial charge is 0.274 e. The third kappa shape index (κ3) is 4.02. The second-order valence-corrected chi connectivity index (χ2v) is 6.20. The number of piperidine rings is 1. The SMILES string of the molecule is O=C(c1cnccn1)N1CCCC(c2ccnc(Nc3cnccn3)n2)C1. The van der Waals surface area contributed by atoms with Gasteiger partial charge in [-0.15, -0.1) is 0 Å². The fraction of sp³-hybridized carbons (Fsp3) is 0.278. The Hall–Kier alpha value is -3.49. The van der Waals surface area contributed by atoms with Gasteiger partial charge in [-0.05, 0) is 18.9 Å². The first-order valence-corrected chi connectivity index (χ1v) is 8.71. The molecule has 0 aliphatic carbocycles. The lowest BCUT2D eigenvalue weighted by Gasteiger charge is -2.32. The van der Waals surface area contributed by atoms with Crippen molar-refractivity contribution in [3.05, 3.63) is 60.8 Å². The van der Waals surface area contributed by atoms with E-state index in [-0.39, 0.29) is 11.8 Å². The van der Waals surface area contributed by atoms with Gasteiger partial charge in [-0.3, -0.25) is 14.8 Å². The number of carbonyl (C=O) groups excluding carboxylic acids is 1. The molecule has 0 spiro atoms. The zero-order valence-corrected chi connectivity index (χ0v) is 14.6. The summed E-state index contributed by atoms with van der Waals surface area (Å²) in [5.41, 5.74) is 1.26. The number of aromatic nitrogens is 6. The van der Waals surface area contributed by atoms with Crippen LogP contribution in [0.1, 0.15) is 34.9 Å². The van der Waals surface area contributed by atoms with Crippen LogP contribution in [0.2, 0.25) is 0 Å². The van der Waals surface area contributed by atoms with E-state index in [0.29, 0.717) is 30.5 Å². The number of nitrogens with zero attached hydrogens (tertiary/aromatic N) is 7. The van der Waals surface area contributed by atoms with E-state index in [1.165, 1.54) is 12.4 Å². The number of likely N-dealkylation sites (tertiary alicyclic amines) is 1. The van der Waals surface area contributed by atoms with Gasteiger partial charge in [0.25, 0.3) is 5.91 Å². The maximum Gasteiger partial charge on any atom is 0.274 e. The van der Waals surface area contributed by atoms with Crippen molar-refractivity contribution in [2.45, 2.75) is 18.8 Å². The topological polar surface area (TPSA) is 110 Å². The highest BCUT2D eigenvalue weighted by Crippen LogP contribution is 2.27. The summed E-state index contributed by atoms with van der Waals surface area (Å²) in [6.45, 7) is 1.30. The van der Waals surface area contributed by atoms with E-state index < -0.39 is 0 Å². The molecule has 0 saturated carbocycles. The molecule has 0 bridgehead atoms. The summed E-state index contributed by atoms with van der Waals surface area (Å²) in [7, 11) is 0. The van der Waals surface area contributed by atoms with Crippen LogP contribution in [0.4, 0.5) is 11.8 Å². The molecule has 136 valence electrons. The Morgan fingerprint density at radius 3 is 2.67 bits per heavy atom. The van der Waals surface area contributed by atoms with Crippen molar-refractivity contribution in [3.8, 4) is 0 Å². The second kappa shape index (κ2) is 7.81. The van der Waals surface area contributed by atoms with Crippen LogP contribution in [-0.4, -0.2) is 53.8 Å². The summed E-state index contributed by atoms with van der Waals surface area (Å²) < 4.78 is 0. The fourth-order valence-corrected chi connectivity index (χ4v) is 3.11. The van der Waals surface area contributed by atoms with Crippen molar-refractivity contribution in [2.75, 3.05) is 18.4 Å². The molecule has 4 heterocycles. The molecule has 1 amide bonds. The number of nitrogens with one attached hydrogen (secondary N) is 1. The maximum absolute atomic E-state index is 12.6. The predicted molar refractivity (Wildman–Crippen MR) is 97.3 cm³/mol. The van der Waals surface area contributed by atoms with E-state index in [1.807, 2.05) is 11.0 Å². The molecular formula is C18H18N8O. The van der Waals surface area contributed by atoms with Gasteiger partial charge in [-0.25, -0.2) is 19.9 Å². The van der Waals surface area contributed by atoms with Crippen molar-refractivity contribution in [1.29, 1.82) is 0 Å². The van der Waals surface area contributed by atoms with Crippen LogP contribution in [0.15, 0.2) is 49.4 Å². The van der Waals surface area contributed by atoms with Gasteiger partial charge in [0.1, 0.15) is 5.69 Å². The fourth-order valence-electron chi connectivity index (χ4n) is 3.11. The van der Waals surface area contributed by atoms with Gasteiger partial charge in [0.15, 0.2) is 5.82 Å². The number of rotatable bonds is 4. The van der Waals surface area contributed by atoms with E-state index >= 15 is 0 Å². The molecule has 1 atom stereocenters. The van der Waals surface area contributed by atoms with Crippen LogP contribution < -0.4 is 5.32 Å². The molecule has 3 aromatic rings. The minimum atomic E-state index is -0.0974. The van der Waals surface area contributed by atoms with Gasteiger partial charge in [0.05, 0.1) is 18.1 Å². The molecular weight excluding hydrogens is 344 g/mol. The molecule has 3 aromatic heterocycles. The Kier molecular flexibility index (Phi) is 4.91. The van der Waals surface area contributed by atoms with Gasteiger partial charge in [-0.1, -0.05) is 0 Å². The molecule has 0 aromatic carbocycles. The molecule has 1 saturated heterocycles. The quantitative estimate of drug-likeness (QED) is 0.748. The summed E-state index contributed by atoms with van der Waals surface area (Å²) in [5.74, 6) is 1.09. The van der Waals surface area contributed by atoms with Gasteiger partial charge in [0.2, 0.25) is 5.95 Å². The highest BCUT2D eigenvalue weighted by Gasteiger charge is 2.27. The molecule has 4 rings (SSSR count). The number of amides is 1. The molecule has 0 radical (unpaired) electrons. The van der Waals surface area contributed by atoms with Crippen LogP contribution in [-0.2, 0) is 0 Å². The van der Waals surface area contributed by atoms with Crippen molar-refractivity contribution >= 4 is 17.7 Å². The molecule has 1 unspecified atom stereocenters. The Morgan fingerprint density at radius 1 is 1.04 bits per heavy atom. The van der Waals surface area contributed by atoms with E-state index in [4.69, 9.17) is 0 Å². The van der Waals surface area contributed by atoms with E-state index in [1.54, 1.807) is 31.0 Å². The molecule has 1 N–H and O–H groups in total. The standard InChI is InChI=1S/C18H18N8O/c27-17(15-10-19-5-7-21-15)26-9-1-2-13(12-26)14-3-4-23-18(24-14)25-16-11-20-6-8-22-16/h3-8,10-11,13H,1-2,9,12H2,(H,22,23,24,25). The lowest BCUT2D eigenvalue weighted by Crippen LogP contribution is -2.39. The maximum atomic E-state index is 12.6. The number of carbonyl (C=O) groups is 1. The van der Waals surface area contributed by atoms with Gasteiger partial charge >= 0.3 is 0 Å². The molecule has 1 aliphatic heterocycles. The van der Waals surface area contributed by atoms with Crippen molar-refractivity contribution < 1.29 is 4.79 Å². The first-order valence-electron chi connectivity index (χ1n) is 8.71. The van der Waals surface area contributed by atoms with Crippen LogP contribution in [0.5, 0.6) is 0 Å². The van der Waals surface area contributed by atoms with Crippen molar-refractivity contribution in [3.63, 3.8) is 0 Å². The van der Waals surface area contributed by atoms with E-state index in [0.717, 1.165) is 18.5 Å². The monoisotopic (exact) mass is 362 g/mol.